The van der Waals surface area contributed by atoms with Crippen LogP contribution in [0.5, 0.6) is 0 Å². The highest BCUT2D eigenvalue weighted by Gasteiger charge is 2.32. The molecule has 2 unspecified atom stereocenters. The van der Waals surface area contributed by atoms with Crippen molar-refractivity contribution < 1.29 is 4.39 Å². The number of halogens is 1. The fraction of sp³-hybridized carbons (Fsp3) is 0.556. The molecule has 1 heterocycles. The molecule has 1 aliphatic carbocycles. The third-order valence-electron chi connectivity index (χ3n) is 2.68. The molecule has 0 aliphatic heterocycles. The SMILES string of the molecule is CC1CC1CNc1nc(NN)ncc1F. The van der Waals surface area contributed by atoms with Gasteiger partial charge in [0.25, 0.3) is 0 Å². The van der Waals surface area contributed by atoms with Gasteiger partial charge in [0, 0.05) is 6.54 Å². The largest absolute Gasteiger partial charge is 0.367 e. The highest BCUT2D eigenvalue weighted by atomic mass is 19.1. The average Bonchev–Trinajstić information content (AvgIpc) is 2.94. The lowest BCUT2D eigenvalue weighted by molar-refractivity contribution is 0.615. The van der Waals surface area contributed by atoms with Crippen molar-refractivity contribution >= 4 is 11.8 Å². The summed E-state index contributed by atoms with van der Waals surface area (Å²) >= 11 is 0. The van der Waals surface area contributed by atoms with Gasteiger partial charge in [0.1, 0.15) is 0 Å². The Kier molecular flexibility index (Phi) is 2.68. The number of nitrogens with two attached hydrogens (primary N) is 1. The molecule has 1 aliphatic rings. The van der Waals surface area contributed by atoms with Crippen LogP contribution in [0.2, 0.25) is 0 Å². The first-order valence-electron chi connectivity index (χ1n) is 4.93. The Labute approximate surface area is 87.3 Å². The van der Waals surface area contributed by atoms with Crippen LogP contribution in [0.1, 0.15) is 13.3 Å². The zero-order valence-electron chi connectivity index (χ0n) is 8.50. The van der Waals surface area contributed by atoms with Gasteiger partial charge in [-0.05, 0) is 18.3 Å². The number of nitrogens with zero attached hydrogens (tertiary/aromatic N) is 2. The lowest BCUT2D eigenvalue weighted by atomic mass is 10.3. The topological polar surface area (TPSA) is 75.9 Å². The number of nitrogen functional groups attached to an aromatic ring is 1. The van der Waals surface area contributed by atoms with Gasteiger partial charge < -0.3 is 5.32 Å². The summed E-state index contributed by atoms with van der Waals surface area (Å²) in [7, 11) is 0. The number of anilines is 2. The van der Waals surface area contributed by atoms with E-state index in [0.717, 1.165) is 18.7 Å². The molecular weight excluding hydrogens is 197 g/mol. The second kappa shape index (κ2) is 3.98. The van der Waals surface area contributed by atoms with Crippen LogP contribution in [-0.2, 0) is 0 Å². The molecule has 2 rings (SSSR count). The molecule has 15 heavy (non-hydrogen) atoms. The number of hydrazine groups is 1. The normalized spacial score (nSPS) is 23.7. The van der Waals surface area contributed by atoms with E-state index in [4.69, 9.17) is 5.84 Å². The summed E-state index contributed by atoms with van der Waals surface area (Å²) in [5, 5.41) is 2.96. The van der Waals surface area contributed by atoms with Gasteiger partial charge in [-0.2, -0.15) is 4.98 Å². The van der Waals surface area contributed by atoms with E-state index < -0.39 is 5.82 Å². The van der Waals surface area contributed by atoms with Crippen LogP contribution in [0.15, 0.2) is 6.20 Å². The van der Waals surface area contributed by atoms with Crippen LogP contribution in [-0.4, -0.2) is 16.5 Å². The number of hydrogen-bond donors (Lipinski definition) is 3. The summed E-state index contributed by atoms with van der Waals surface area (Å²) in [5.74, 6) is 6.46. The van der Waals surface area contributed by atoms with Crippen LogP contribution in [0.3, 0.4) is 0 Å². The van der Waals surface area contributed by atoms with Crippen molar-refractivity contribution in [1.82, 2.24) is 9.97 Å². The maximum absolute atomic E-state index is 13.2. The second-order valence-electron chi connectivity index (χ2n) is 3.89. The molecule has 2 atom stereocenters. The molecule has 1 saturated carbocycles. The quantitative estimate of drug-likeness (QED) is 0.511. The van der Waals surface area contributed by atoms with E-state index in [1.54, 1.807) is 0 Å². The molecule has 1 aromatic heterocycles. The summed E-state index contributed by atoms with van der Waals surface area (Å²) in [5.41, 5.74) is 2.28. The maximum atomic E-state index is 13.2. The molecule has 0 spiro atoms. The van der Waals surface area contributed by atoms with Gasteiger partial charge in [-0.25, -0.2) is 15.2 Å². The fourth-order valence-electron chi connectivity index (χ4n) is 1.47. The summed E-state index contributed by atoms with van der Waals surface area (Å²) < 4.78 is 13.2. The monoisotopic (exact) mass is 211 g/mol. The van der Waals surface area contributed by atoms with E-state index in [9.17, 15) is 4.39 Å². The highest BCUT2D eigenvalue weighted by Crippen LogP contribution is 2.37. The molecule has 1 aromatic rings. The molecule has 6 heteroatoms. The number of hydrogen-bond acceptors (Lipinski definition) is 5. The minimum Gasteiger partial charge on any atom is -0.367 e. The molecule has 0 aromatic carbocycles. The Hall–Kier alpha value is -1.43. The molecule has 5 nitrogen and oxygen atoms in total. The van der Waals surface area contributed by atoms with Crippen LogP contribution in [0.25, 0.3) is 0 Å². The molecule has 0 bridgehead atoms. The second-order valence-corrected chi connectivity index (χ2v) is 3.89. The minimum atomic E-state index is -0.456. The molecule has 0 amide bonds. The Morgan fingerprint density at radius 1 is 1.67 bits per heavy atom. The van der Waals surface area contributed by atoms with Crippen LogP contribution in [0.4, 0.5) is 16.2 Å². The number of aromatic nitrogens is 2. The van der Waals surface area contributed by atoms with E-state index >= 15 is 0 Å². The Morgan fingerprint density at radius 3 is 3.00 bits per heavy atom. The van der Waals surface area contributed by atoms with Crippen LogP contribution >= 0.6 is 0 Å². The Balaban J connectivity index is 1.99. The molecule has 0 saturated heterocycles. The number of rotatable bonds is 4. The van der Waals surface area contributed by atoms with E-state index in [1.807, 2.05) is 0 Å². The molecule has 4 N–H and O–H groups in total. The average molecular weight is 211 g/mol. The van der Waals surface area contributed by atoms with Crippen LogP contribution < -0.4 is 16.6 Å². The smallest absolute Gasteiger partial charge is 0.239 e. The van der Waals surface area contributed by atoms with E-state index in [-0.39, 0.29) is 11.8 Å². The lowest BCUT2D eigenvalue weighted by Crippen LogP contribution is -2.14. The predicted octanol–water partition coefficient (Wildman–Crippen LogP) is 0.969. The Bertz CT molecular complexity index is 356. The summed E-state index contributed by atoms with van der Waals surface area (Å²) in [6, 6.07) is 0. The molecule has 1 fully saturated rings. The first kappa shape index (κ1) is 10.1. The lowest BCUT2D eigenvalue weighted by Gasteiger charge is -2.06. The van der Waals surface area contributed by atoms with Gasteiger partial charge >= 0.3 is 0 Å². The zero-order valence-corrected chi connectivity index (χ0v) is 8.50. The fourth-order valence-corrected chi connectivity index (χ4v) is 1.47. The molecule has 82 valence electrons. The third-order valence-corrected chi connectivity index (χ3v) is 2.68. The van der Waals surface area contributed by atoms with Crippen molar-refractivity contribution in [2.24, 2.45) is 17.7 Å². The van der Waals surface area contributed by atoms with E-state index in [1.165, 1.54) is 6.42 Å². The molecule has 0 radical (unpaired) electrons. The molecular formula is C9H14FN5. The van der Waals surface area contributed by atoms with Crippen molar-refractivity contribution in [3.05, 3.63) is 12.0 Å². The summed E-state index contributed by atoms with van der Waals surface area (Å²) in [6.45, 7) is 2.93. The predicted molar refractivity (Wildman–Crippen MR) is 55.6 cm³/mol. The van der Waals surface area contributed by atoms with Gasteiger partial charge in [0.15, 0.2) is 11.6 Å². The number of nitrogens with one attached hydrogen (secondary N) is 2. The van der Waals surface area contributed by atoms with E-state index in [0.29, 0.717) is 5.92 Å². The summed E-state index contributed by atoms with van der Waals surface area (Å²) in [6.07, 6.45) is 2.29. The summed E-state index contributed by atoms with van der Waals surface area (Å²) in [4.78, 5) is 7.54. The maximum Gasteiger partial charge on any atom is 0.239 e. The van der Waals surface area contributed by atoms with Crippen molar-refractivity contribution in [3.63, 3.8) is 0 Å². The van der Waals surface area contributed by atoms with Crippen molar-refractivity contribution in [3.8, 4) is 0 Å². The van der Waals surface area contributed by atoms with Gasteiger partial charge in [-0.15, -0.1) is 0 Å². The third kappa shape index (κ3) is 2.33. The van der Waals surface area contributed by atoms with Crippen LogP contribution in [0, 0.1) is 17.7 Å². The van der Waals surface area contributed by atoms with Gasteiger partial charge in [0.2, 0.25) is 5.95 Å². The first-order valence-corrected chi connectivity index (χ1v) is 4.93. The van der Waals surface area contributed by atoms with Crippen molar-refractivity contribution in [2.75, 3.05) is 17.3 Å². The van der Waals surface area contributed by atoms with Gasteiger partial charge in [-0.3, -0.25) is 5.43 Å². The Morgan fingerprint density at radius 2 is 2.40 bits per heavy atom. The standard InChI is InChI=1S/C9H14FN5/c1-5-2-6(5)3-12-8-7(10)4-13-9(14-8)15-11/h4-6H,2-3,11H2,1H3,(H2,12,13,14,15). The van der Waals surface area contributed by atoms with Crippen molar-refractivity contribution in [2.45, 2.75) is 13.3 Å². The van der Waals surface area contributed by atoms with Gasteiger partial charge in [-0.1, -0.05) is 6.92 Å². The van der Waals surface area contributed by atoms with Gasteiger partial charge in [0.05, 0.1) is 6.20 Å². The zero-order chi connectivity index (χ0) is 10.8. The highest BCUT2D eigenvalue weighted by molar-refractivity contribution is 5.40. The first-order chi connectivity index (χ1) is 7.20. The van der Waals surface area contributed by atoms with Crippen molar-refractivity contribution in [1.29, 1.82) is 0 Å². The van der Waals surface area contributed by atoms with E-state index in [2.05, 4.69) is 27.6 Å². The minimum absolute atomic E-state index is 0.206.